The Morgan fingerprint density at radius 2 is 2.44 bits per heavy atom. The fourth-order valence-corrected chi connectivity index (χ4v) is 2.43. The van der Waals surface area contributed by atoms with Gasteiger partial charge in [-0.05, 0) is 40.6 Å². The summed E-state index contributed by atoms with van der Waals surface area (Å²) in [6.45, 7) is 1.89. The van der Waals surface area contributed by atoms with Crippen molar-refractivity contribution in [2.45, 2.75) is 19.4 Å². The monoisotopic (exact) mass is 303 g/mol. The van der Waals surface area contributed by atoms with Gasteiger partial charge in [0.1, 0.15) is 0 Å². The van der Waals surface area contributed by atoms with Gasteiger partial charge in [-0.3, -0.25) is 4.79 Å². The molecule has 5 heteroatoms. The van der Waals surface area contributed by atoms with Crippen LogP contribution in [-0.4, -0.2) is 23.7 Å². The number of rotatable bonds is 5. The van der Waals surface area contributed by atoms with Crippen molar-refractivity contribution in [2.75, 3.05) is 6.61 Å². The zero-order valence-corrected chi connectivity index (χ0v) is 11.3. The summed E-state index contributed by atoms with van der Waals surface area (Å²) in [7, 11) is 0. The largest absolute Gasteiger partial charge is 0.394 e. The fraction of sp³-hybridized carbons (Fsp3) is 0.364. The molecule has 3 nitrogen and oxygen atoms in total. The Bertz CT molecular complexity index is 372. The van der Waals surface area contributed by atoms with E-state index in [0.717, 1.165) is 15.1 Å². The molecule has 0 bridgehead atoms. The van der Waals surface area contributed by atoms with Crippen molar-refractivity contribution in [3.8, 4) is 0 Å². The van der Waals surface area contributed by atoms with Gasteiger partial charge in [0.15, 0.2) is 0 Å². The summed E-state index contributed by atoms with van der Waals surface area (Å²) in [6, 6.07) is 3.71. The first-order chi connectivity index (χ1) is 7.65. The minimum atomic E-state index is -0.176. The Morgan fingerprint density at radius 1 is 1.69 bits per heavy atom. The number of aliphatic hydroxyl groups is 1. The third-order valence-electron chi connectivity index (χ3n) is 2.05. The van der Waals surface area contributed by atoms with E-state index in [-0.39, 0.29) is 18.6 Å². The van der Waals surface area contributed by atoms with Crippen molar-refractivity contribution < 1.29 is 9.90 Å². The second kappa shape index (κ2) is 6.83. The number of hydrogen-bond donors (Lipinski definition) is 2. The third-order valence-corrected chi connectivity index (χ3v) is 3.64. The zero-order valence-electron chi connectivity index (χ0n) is 8.94. The predicted octanol–water partition coefficient (Wildman–Crippen LogP) is 2.41. The van der Waals surface area contributed by atoms with Crippen LogP contribution < -0.4 is 5.32 Å². The molecule has 1 heterocycles. The van der Waals surface area contributed by atoms with Gasteiger partial charge >= 0.3 is 0 Å². The standard InChI is InChI=1S/C11H14BrNO2S/c1-2-8(7-14)13-11(15)6-4-9-3-5-10(12)16-9/h3-6,8,14H,2,7H2,1H3,(H,13,15)/b6-4+. The molecule has 0 saturated heterocycles. The summed E-state index contributed by atoms with van der Waals surface area (Å²) in [5.41, 5.74) is 0. The van der Waals surface area contributed by atoms with Gasteiger partial charge < -0.3 is 10.4 Å². The van der Waals surface area contributed by atoms with E-state index in [1.165, 1.54) is 6.08 Å². The average Bonchev–Trinajstić information content (AvgIpc) is 2.69. The van der Waals surface area contributed by atoms with Gasteiger partial charge in [0.25, 0.3) is 0 Å². The van der Waals surface area contributed by atoms with Crippen molar-refractivity contribution >= 4 is 39.2 Å². The quantitative estimate of drug-likeness (QED) is 0.821. The number of nitrogens with one attached hydrogen (secondary N) is 1. The molecule has 0 aliphatic carbocycles. The lowest BCUT2D eigenvalue weighted by atomic mass is 10.2. The normalized spacial score (nSPS) is 12.9. The van der Waals surface area contributed by atoms with Gasteiger partial charge in [0.05, 0.1) is 16.4 Å². The highest BCUT2D eigenvalue weighted by molar-refractivity contribution is 9.11. The van der Waals surface area contributed by atoms with Gasteiger partial charge in [-0.25, -0.2) is 0 Å². The van der Waals surface area contributed by atoms with E-state index in [2.05, 4.69) is 21.2 Å². The molecule has 1 atom stereocenters. The van der Waals surface area contributed by atoms with E-state index in [4.69, 9.17) is 5.11 Å². The molecule has 1 rings (SSSR count). The van der Waals surface area contributed by atoms with E-state index in [1.54, 1.807) is 17.4 Å². The number of amides is 1. The Labute approximate surface area is 107 Å². The first-order valence-electron chi connectivity index (χ1n) is 5.00. The van der Waals surface area contributed by atoms with Gasteiger partial charge in [0, 0.05) is 11.0 Å². The van der Waals surface area contributed by atoms with Crippen molar-refractivity contribution in [3.63, 3.8) is 0 Å². The van der Waals surface area contributed by atoms with Crippen LogP contribution in [0.2, 0.25) is 0 Å². The fourth-order valence-electron chi connectivity index (χ4n) is 1.10. The van der Waals surface area contributed by atoms with Crippen LogP contribution in [0.3, 0.4) is 0 Å². The Balaban J connectivity index is 2.48. The van der Waals surface area contributed by atoms with Gasteiger partial charge in [-0.2, -0.15) is 0 Å². The van der Waals surface area contributed by atoms with E-state index in [1.807, 2.05) is 19.1 Å². The molecule has 0 saturated carbocycles. The van der Waals surface area contributed by atoms with Crippen LogP contribution in [0, 0.1) is 0 Å². The maximum Gasteiger partial charge on any atom is 0.244 e. The molecule has 0 aliphatic heterocycles. The number of aliphatic hydroxyl groups excluding tert-OH is 1. The summed E-state index contributed by atoms with van der Waals surface area (Å²) in [5, 5.41) is 11.6. The molecular formula is C11H14BrNO2S. The number of carbonyl (C=O) groups excluding carboxylic acids is 1. The lowest BCUT2D eigenvalue weighted by Gasteiger charge is -2.11. The molecule has 1 amide bonds. The number of halogens is 1. The molecule has 1 aromatic heterocycles. The highest BCUT2D eigenvalue weighted by Crippen LogP contribution is 2.22. The summed E-state index contributed by atoms with van der Waals surface area (Å²) in [5.74, 6) is -0.176. The minimum absolute atomic E-state index is 0.0272. The van der Waals surface area contributed by atoms with E-state index < -0.39 is 0 Å². The molecule has 0 fully saturated rings. The Hall–Kier alpha value is -0.650. The molecule has 88 valence electrons. The number of thiophene rings is 1. The van der Waals surface area contributed by atoms with E-state index in [9.17, 15) is 4.79 Å². The SMILES string of the molecule is CCC(CO)NC(=O)/C=C/c1ccc(Br)s1. The van der Waals surface area contributed by atoms with Crippen molar-refractivity contribution in [1.29, 1.82) is 0 Å². The van der Waals surface area contributed by atoms with Crippen molar-refractivity contribution in [2.24, 2.45) is 0 Å². The predicted molar refractivity (Wildman–Crippen MR) is 70.4 cm³/mol. The van der Waals surface area contributed by atoms with Gasteiger partial charge in [0.2, 0.25) is 5.91 Å². The van der Waals surface area contributed by atoms with Crippen LogP contribution >= 0.6 is 27.3 Å². The lowest BCUT2D eigenvalue weighted by molar-refractivity contribution is -0.117. The topological polar surface area (TPSA) is 49.3 Å². The second-order valence-electron chi connectivity index (χ2n) is 3.27. The third kappa shape index (κ3) is 4.47. The van der Waals surface area contributed by atoms with E-state index >= 15 is 0 Å². The second-order valence-corrected chi connectivity index (χ2v) is 5.77. The van der Waals surface area contributed by atoms with Crippen LogP contribution in [-0.2, 0) is 4.79 Å². The van der Waals surface area contributed by atoms with Crippen LogP contribution in [0.15, 0.2) is 22.0 Å². The lowest BCUT2D eigenvalue weighted by Crippen LogP contribution is -2.35. The minimum Gasteiger partial charge on any atom is -0.394 e. The summed E-state index contributed by atoms with van der Waals surface area (Å²) in [6.07, 6.45) is 3.96. The molecule has 16 heavy (non-hydrogen) atoms. The molecule has 1 unspecified atom stereocenters. The summed E-state index contributed by atoms with van der Waals surface area (Å²) < 4.78 is 1.04. The van der Waals surface area contributed by atoms with Crippen LogP contribution in [0.4, 0.5) is 0 Å². The molecular weight excluding hydrogens is 290 g/mol. The molecule has 2 N–H and O–H groups in total. The van der Waals surface area contributed by atoms with Crippen LogP contribution in [0.1, 0.15) is 18.2 Å². The van der Waals surface area contributed by atoms with Crippen molar-refractivity contribution in [1.82, 2.24) is 5.32 Å². The first-order valence-corrected chi connectivity index (χ1v) is 6.61. The molecule has 0 aromatic carbocycles. The number of hydrogen-bond acceptors (Lipinski definition) is 3. The Kier molecular flexibility index (Phi) is 5.73. The van der Waals surface area contributed by atoms with E-state index in [0.29, 0.717) is 0 Å². The molecule has 0 aliphatic rings. The average molecular weight is 304 g/mol. The smallest absolute Gasteiger partial charge is 0.244 e. The van der Waals surface area contributed by atoms with Crippen LogP contribution in [0.25, 0.3) is 6.08 Å². The molecule has 0 radical (unpaired) electrons. The highest BCUT2D eigenvalue weighted by atomic mass is 79.9. The van der Waals surface area contributed by atoms with Crippen LogP contribution in [0.5, 0.6) is 0 Å². The molecule has 1 aromatic rings. The zero-order chi connectivity index (χ0) is 12.0. The molecule has 0 spiro atoms. The van der Waals surface area contributed by atoms with Gasteiger partial charge in [-0.1, -0.05) is 6.92 Å². The maximum absolute atomic E-state index is 11.4. The van der Waals surface area contributed by atoms with Crippen molar-refractivity contribution in [3.05, 3.63) is 26.9 Å². The summed E-state index contributed by atoms with van der Waals surface area (Å²) in [4.78, 5) is 12.4. The number of carbonyl (C=O) groups is 1. The van der Waals surface area contributed by atoms with Gasteiger partial charge in [-0.15, -0.1) is 11.3 Å². The summed E-state index contributed by atoms with van der Waals surface area (Å²) >= 11 is 4.91. The highest BCUT2D eigenvalue weighted by Gasteiger charge is 2.05. The maximum atomic E-state index is 11.4. The Morgan fingerprint density at radius 3 is 2.94 bits per heavy atom. The first kappa shape index (κ1) is 13.4.